The van der Waals surface area contributed by atoms with Crippen LogP contribution in [0, 0.1) is 0 Å². The van der Waals surface area contributed by atoms with Crippen LogP contribution in [-0.2, 0) is 4.79 Å². The fraction of sp³-hybridized carbons (Fsp3) is 0.581. The van der Waals surface area contributed by atoms with E-state index in [2.05, 4.69) is 189 Å². The van der Waals surface area contributed by atoms with Crippen LogP contribution in [0.25, 0.3) is 0 Å². The lowest BCUT2D eigenvalue weighted by Gasteiger charge is -2.19. The standard InChI is InChI=1S/C74H119NO3/c1-3-5-7-9-11-13-15-17-19-21-23-25-27-29-31-32-33-34-35-36-37-38-39-40-41-42-44-46-48-50-52-54-56-58-60-62-64-66-68-70-74(78)75-72(71-76)73(77)69-67-65-63-61-59-57-55-53-51-49-47-45-43-30-28-26-24-22-20-18-16-14-12-10-8-6-4-2/h5,7,11,13,17,19,23,25,29,31,33-34,36-37,39-40,42,44,48,50-51,53-54,56,59-62,67,69,72-73,76-77H,3-4,6,8-10,12,14-16,18,20-22,24,26-28,30,32,35,38,41,43,45-47,49,52,55,57-58,63-66,68,70-71H2,1-2H3,(H,75,78)/b7-5-,13-11-,19-17-,25-23-,31-29-,34-33-,37-36-,40-39-,44-42-,50-48-,53-51+,56-54-,61-59+,62-60-,69-67+. The first kappa shape index (κ1) is 73.5. The van der Waals surface area contributed by atoms with Crippen molar-refractivity contribution in [2.75, 3.05) is 6.61 Å². The summed E-state index contributed by atoms with van der Waals surface area (Å²) in [5, 5.41) is 23.2. The van der Waals surface area contributed by atoms with Gasteiger partial charge in [0.25, 0.3) is 0 Å². The monoisotopic (exact) mass is 1070 g/mol. The Bertz CT molecular complexity index is 1740. The third kappa shape index (κ3) is 62.3. The molecule has 78 heavy (non-hydrogen) atoms. The van der Waals surface area contributed by atoms with E-state index in [-0.39, 0.29) is 12.5 Å². The number of amides is 1. The van der Waals surface area contributed by atoms with Crippen molar-refractivity contribution in [1.29, 1.82) is 0 Å². The number of unbranched alkanes of at least 4 members (excludes halogenated alkanes) is 21. The highest BCUT2D eigenvalue weighted by molar-refractivity contribution is 5.76. The molecule has 0 rings (SSSR count). The molecule has 0 aromatic carbocycles. The Morgan fingerprint density at radius 1 is 0.321 bits per heavy atom. The lowest BCUT2D eigenvalue weighted by Crippen LogP contribution is -2.45. The molecule has 0 aromatic rings. The number of hydrogen-bond donors (Lipinski definition) is 3. The fourth-order valence-corrected chi connectivity index (χ4v) is 8.54. The average Bonchev–Trinajstić information content (AvgIpc) is 3.44. The van der Waals surface area contributed by atoms with E-state index in [1.165, 1.54) is 116 Å². The summed E-state index contributed by atoms with van der Waals surface area (Å²) in [6.07, 6.45) is 109. The van der Waals surface area contributed by atoms with Gasteiger partial charge in [0, 0.05) is 6.42 Å². The number of hydrogen-bond acceptors (Lipinski definition) is 3. The number of aliphatic hydroxyl groups is 2. The molecule has 0 heterocycles. The van der Waals surface area contributed by atoms with E-state index in [1.54, 1.807) is 6.08 Å². The van der Waals surface area contributed by atoms with Crippen LogP contribution in [0.15, 0.2) is 182 Å². The summed E-state index contributed by atoms with van der Waals surface area (Å²) < 4.78 is 0. The van der Waals surface area contributed by atoms with E-state index in [0.29, 0.717) is 6.42 Å². The topological polar surface area (TPSA) is 69.6 Å². The van der Waals surface area contributed by atoms with Gasteiger partial charge in [-0.25, -0.2) is 0 Å². The van der Waals surface area contributed by atoms with Gasteiger partial charge in [-0.15, -0.1) is 0 Å². The van der Waals surface area contributed by atoms with Crippen LogP contribution in [0.5, 0.6) is 0 Å². The van der Waals surface area contributed by atoms with Crippen molar-refractivity contribution in [3.63, 3.8) is 0 Å². The van der Waals surface area contributed by atoms with Gasteiger partial charge in [0.1, 0.15) is 0 Å². The SMILES string of the molecule is CC/C=C\C/C=C\C/C=C\C/C=C\C/C=C\C/C=C\C/C=C\C/C=C\C/C=C\C/C=C\C/C=C\C/C=C\CCCCC(=O)NC(CO)C(O)/C=C/CC/C=C/CC/C=C/CCCCCCCCCCCCCCCCCCC. The highest BCUT2D eigenvalue weighted by atomic mass is 16.3. The molecule has 0 aliphatic heterocycles. The first-order valence-electron chi connectivity index (χ1n) is 32.0. The van der Waals surface area contributed by atoms with Crippen molar-refractivity contribution in [2.24, 2.45) is 0 Å². The molecule has 2 atom stereocenters. The minimum absolute atomic E-state index is 0.127. The average molecular weight is 1070 g/mol. The van der Waals surface area contributed by atoms with Crippen LogP contribution < -0.4 is 5.32 Å². The Morgan fingerprint density at radius 3 is 0.897 bits per heavy atom. The summed E-state index contributed by atoms with van der Waals surface area (Å²) in [7, 11) is 0. The molecule has 438 valence electrons. The zero-order valence-corrected chi connectivity index (χ0v) is 50.4. The van der Waals surface area contributed by atoms with Crippen molar-refractivity contribution >= 4 is 5.91 Å². The molecule has 0 aromatic heterocycles. The van der Waals surface area contributed by atoms with E-state index >= 15 is 0 Å². The summed E-state index contributed by atoms with van der Waals surface area (Å²) in [6.45, 7) is 4.16. The van der Waals surface area contributed by atoms with Crippen LogP contribution >= 0.6 is 0 Å². The minimum atomic E-state index is -0.904. The highest BCUT2D eigenvalue weighted by Gasteiger charge is 2.17. The summed E-state index contributed by atoms with van der Waals surface area (Å²) in [4.78, 5) is 12.5. The lowest BCUT2D eigenvalue weighted by molar-refractivity contribution is -0.123. The van der Waals surface area contributed by atoms with Gasteiger partial charge in [-0.1, -0.05) is 299 Å². The molecule has 1 amide bonds. The molecule has 2 unspecified atom stereocenters. The number of allylic oxidation sites excluding steroid dienone is 29. The van der Waals surface area contributed by atoms with Gasteiger partial charge in [0.15, 0.2) is 0 Å². The Kier molecular flexibility index (Phi) is 62.9. The molecule has 4 heteroatoms. The van der Waals surface area contributed by atoms with Crippen molar-refractivity contribution in [1.82, 2.24) is 5.32 Å². The highest BCUT2D eigenvalue weighted by Crippen LogP contribution is 2.15. The number of carbonyl (C=O) groups excluding carboxylic acids is 1. The van der Waals surface area contributed by atoms with E-state index in [9.17, 15) is 15.0 Å². The maximum Gasteiger partial charge on any atom is 0.220 e. The zero-order valence-electron chi connectivity index (χ0n) is 50.4. The first-order chi connectivity index (χ1) is 38.7. The Hall–Kier alpha value is -4.51. The summed E-state index contributed by atoms with van der Waals surface area (Å²) in [6, 6.07) is -0.685. The van der Waals surface area contributed by atoms with E-state index in [1.807, 2.05) is 6.08 Å². The molecule has 3 N–H and O–H groups in total. The van der Waals surface area contributed by atoms with Crippen molar-refractivity contribution in [2.45, 2.75) is 270 Å². The van der Waals surface area contributed by atoms with Crippen LogP contribution in [0.2, 0.25) is 0 Å². The molecular weight excluding hydrogens is 951 g/mol. The van der Waals surface area contributed by atoms with Crippen LogP contribution in [0.4, 0.5) is 0 Å². The molecule has 0 radical (unpaired) electrons. The molecule has 0 saturated heterocycles. The third-order valence-electron chi connectivity index (χ3n) is 13.4. The molecule has 0 fully saturated rings. The van der Waals surface area contributed by atoms with Crippen molar-refractivity contribution in [3.8, 4) is 0 Å². The van der Waals surface area contributed by atoms with Crippen LogP contribution in [0.1, 0.15) is 258 Å². The van der Waals surface area contributed by atoms with Gasteiger partial charge in [0.05, 0.1) is 18.8 Å². The van der Waals surface area contributed by atoms with Crippen molar-refractivity contribution in [3.05, 3.63) is 182 Å². The smallest absolute Gasteiger partial charge is 0.220 e. The predicted octanol–water partition coefficient (Wildman–Crippen LogP) is 22.0. The predicted molar refractivity (Wildman–Crippen MR) is 349 cm³/mol. The largest absolute Gasteiger partial charge is 0.394 e. The minimum Gasteiger partial charge on any atom is -0.394 e. The van der Waals surface area contributed by atoms with Gasteiger partial charge in [-0.2, -0.15) is 0 Å². The third-order valence-corrected chi connectivity index (χ3v) is 13.4. The van der Waals surface area contributed by atoms with Gasteiger partial charge in [-0.05, 0) is 135 Å². The number of nitrogens with one attached hydrogen (secondary N) is 1. The molecular formula is C74H119NO3. The maximum absolute atomic E-state index is 12.5. The molecule has 0 bridgehead atoms. The molecule has 0 aliphatic rings. The molecule has 0 aliphatic carbocycles. The first-order valence-corrected chi connectivity index (χ1v) is 32.0. The second-order valence-electron chi connectivity index (χ2n) is 20.7. The number of aliphatic hydroxyl groups excluding tert-OH is 2. The molecule has 0 saturated carbocycles. The quantitative estimate of drug-likeness (QED) is 0.0420. The van der Waals surface area contributed by atoms with Crippen LogP contribution in [-0.4, -0.2) is 34.9 Å². The van der Waals surface area contributed by atoms with E-state index in [0.717, 1.165) is 122 Å². The van der Waals surface area contributed by atoms with Gasteiger partial charge in [0.2, 0.25) is 5.91 Å². The second-order valence-corrected chi connectivity index (χ2v) is 20.7. The fourth-order valence-electron chi connectivity index (χ4n) is 8.54. The molecule has 4 nitrogen and oxygen atoms in total. The van der Waals surface area contributed by atoms with Crippen molar-refractivity contribution < 1.29 is 15.0 Å². The lowest BCUT2D eigenvalue weighted by atomic mass is 10.0. The maximum atomic E-state index is 12.5. The Labute approximate surface area is 482 Å². The van der Waals surface area contributed by atoms with Gasteiger partial charge in [-0.3, -0.25) is 4.79 Å². The summed E-state index contributed by atoms with van der Waals surface area (Å²) in [5.41, 5.74) is 0. The van der Waals surface area contributed by atoms with Crippen LogP contribution in [0.3, 0.4) is 0 Å². The Balaban J connectivity index is 3.75. The van der Waals surface area contributed by atoms with Gasteiger partial charge >= 0.3 is 0 Å². The van der Waals surface area contributed by atoms with Gasteiger partial charge < -0.3 is 15.5 Å². The normalized spacial score (nSPS) is 14.1. The number of rotatable bonds is 56. The Morgan fingerprint density at radius 2 is 0.577 bits per heavy atom. The van der Waals surface area contributed by atoms with E-state index < -0.39 is 12.1 Å². The summed E-state index contributed by atoms with van der Waals surface area (Å²) in [5.74, 6) is -0.127. The number of carbonyl (C=O) groups is 1. The summed E-state index contributed by atoms with van der Waals surface area (Å²) >= 11 is 0. The zero-order chi connectivity index (χ0) is 56.2. The second kappa shape index (κ2) is 66.8. The molecule has 0 spiro atoms. The van der Waals surface area contributed by atoms with E-state index in [4.69, 9.17) is 0 Å².